The summed E-state index contributed by atoms with van der Waals surface area (Å²) in [6.45, 7) is 15.8. The molecule has 44 heavy (non-hydrogen) atoms. The lowest BCUT2D eigenvalue weighted by molar-refractivity contribution is -0.157. The summed E-state index contributed by atoms with van der Waals surface area (Å²) in [6, 6.07) is 5.54. The zero-order chi connectivity index (χ0) is 32.1. The minimum atomic E-state index is -0.562. The highest BCUT2D eigenvalue weighted by molar-refractivity contribution is 9.10. The van der Waals surface area contributed by atoms with Crippen LogP contribution < -0.4 is 0 Å². The van der Waals surface area contributed by atoms with Gasteiger partial charge in [0, 0.05) is 33.7 Å². The highest BCUT2D eigenvalue weighted by Gasteiger charge is 2.64. The van der Waals surface area contributed by atoms with Crippen molar-refractivity contribution in [1.29, 1.82) is 0 Å². The first kappa shape index (κ1) is 33.5. The van der Waals surface area contributed by atoms with Crippen molar-refractivity contribution >= 4 is 33.8 Å². The average molecular weight is 674 g/mol. The second-order valence-corrected chi connectivity index (χ2v) is 16.7. The van der Waals surface area contributed by atoms with Crippen LogP contribution in [0.4, 0.5) is 0 Å². The van der Waals surface area contributed by atoms with Crippen LogP contribution in [0.15, 0.2) is 22.7 Å². The molecule has 4 bridgehead atoms. The number of carbonyl (C=O) groups is 3. The Morgan fingerprint density at radius 2 is 1.41 bits per heavy atom. The molecule has 5 rings (SSSR count). The molecule has 1 aromatic carbocycles. The van der Waals surface area contributed by atoms with Gasteiger partial charge in [0.1, 0.15) is 18.3 Å². The van der Waals surface area contributed by atoms with Crippen LogP contribution >= 0.6 is 15.9 Å². The molecular weight excluding hydrogens is 620 g/mol. The maximum Gasteiger partial charge on any atom is 0.338 e. The number of fused-ring (bicyclic) bond motifs is 4. The Hall–Kier alpha value is -1.89. The molecule has 0 radical (unpaired) electrons. The summed E-state index contributed by atoms with van der Waals surface area (Å²) in [7, 11) is 0. The summed E-state index contributed by atoms with van der Waals surface area (Å²) in [5.74, 6) is 0.214. The molecule has 4 saturated carbocycles. The van der Waals surface area contributed by atoms with E-state index in [4.69, 9.17) is 14.2 Å². The first-order chi connectivity index (χ1) is 20.6. The van der Waals surface area contributed by atoms with Gasteiger partial charge in [0.2, 0.25) is 0 Å². The summed E-state index contributed by atoms with van der Waals surface area (Å²) in [6.07, 6.45) is 8.75. The third-order valence-corrected chi connectivity index (χ3v) is 13.9. The molecule has 4 aliphatic rings. The van der Waals surface area contributed by atoms with Gasteiger partial charge < -0.3 is 14.2 Å². The number of hydrogen-bond acceptors (Lipinski definition) is 6. The second-order valence-electron chi connectivity index (χ2n) is 15.8. The van der Waals surface area contributed by atoms with Crippen LogP contribution in [0.2, 0.25) is 0 Å². The lowest BCUT2D eigenvalue weighted by atomic mass is 9.70. The minimum Gasteiger partial charge on any atom is -0.462 e. The van der Waals surface area contributed by atoms with E-state index in [0.29, 0.717) is 35.8 Å². The van der Waals surface area contributed by atoms with E-state index in [1.165, 1.54) is 12.8 Å². The summed E-state index contributed by atoms with van der Waals surface area (Å²) in [5.41, 5.74) is 1.42. The highest BCUT2D eigenvalue weighted by atomic mass is 79.9. The number of esters is 3. The van der Waals surface area contributed by atoms with Gasteiger partial charge in [0.15, 0.2) is 0 Å². The Morgan fingerprint density at radius 1 is 0.841 bits per heavy atom. The fraction of sp³-hybridized carbons (Fsp3) is 0.757. The molecule has 4 aliphatic carbocycles. The van der Waals surface area contributed by atoms with E-state index in [9.17, 15) is 14.4 Å². The summed E-state index contributed by atoms with van der Waals surface area (Å²) < 4.78 is 19.0. The molecule has 2 unspecified atom stereocenters. The van der Waals surface area contributed by atoms with Crippen molar-refractivity contribution in [2.24, 2.45) is 33.5 Å². The Kier molecular flexibility index (Phi) is 9.41. The molecule has 7 atom stereocenters. The maximum absolute atomic E-state index is 13.7. The number of halogens is 1. The van der Waals surface area contributed by atoms with Crippen molar-refractivity contribution in [2.75, 3.05) is 0 Å². The van der Waals surface area contributed by atoms with Crippen LogP contribution in [0, 0.1) is 33.5 Å². The van der Waals surface area contributed by atoms with Gasteiger partial charge in [0.05, 0.1) is 5.56 Å². The number of unbranched alkanes of at least 4 members (excludes halogenated alkanes) is 1. The first-order valence-corrected chi connectivity index (χ1v) is 17.8. The monoisotopic (exact) mass is 672 g/mol. The molecule has 0 saturated heterocycles. The normalized spacial score (nSPS) is 33.3. The molecule has 4 fully saturated rings. The third kappa shape index (κ3) is 5.77. The van der Waals surface area contributed by atoms with Crippen LogP contribution in [0.25, 0.3) is 0 Å². The van der Waals surface area contributed by atoms with E-state index in [1.54, 1.807) is 6.07 Å². The van der Waals surface area contributed by atoms with Gasteiger partial charge in [-0.2, -0.15) is 0 Å². The number of carbonyl (C=O) groups excluding carboxylic acids is 3. The number of hydrogen-bond donors (Lipinski definition) is 0. The van der Waals surface area contributed by atoms with Gasteiger partial charge in [-0.05, 0) is 92.6 Å². The molecule has 1 aromatic rings. The summed E-state index contributed by atoms with van der Waals surface area (Å²) >= 11 is 3.53. The van der Waals surface area contributed by atoms with E-state index < -0.39 is 6.10 Å². The van der Waals surface area contributed by atoms with Gasteiger partial charge in [-0.1, -0.05) is 76.9 Å². The third-order valence-electron chi connectivity index (χ3n) is 13.4. The van der Waals surface area contributed by atoms with Crippen molar-refractivity contribution in [3.8, 4) is 0 Å². The summed E-state index contributed by atoms with van der Waals surface area (Å²) in [5, 5.41) is 0. The van der Waals surface area contributed by atoms with Crippen LogP contribution in [0.3, 0.4) is 0 Å². The number of rotatable bonds is 12. The molecule has 0 N–H and O–H groups in total. The van der Waals surface area contributed by atoms with Crippen LogP contribution in [0.1, 0.15) is 148 Å². The molecule has 244 valence electrons. The fourth-order valence-electron chi connectivity index (χ4n) is 9.28. The predicted molar refractivity (Wildman–Crippen MR) is 174 cm³/mol. The maximum atomic E-state index is 13.7. The number of ether oxygens (including phenoxy) is 3. The van der Waals surface area contributed by atoms with Crippen molar-refractivity contribution in [3.05, 3.63) is 33.8 Å². The largest absolute Gasteiger partial charge is 0.462 e. The topological polar surface area (TPSA) is 78.9 Å². The minimum absolute atomic E-state index is 0.0214. The van der Waals surface area contributed by atoms with Crippen molar-refractivity contribution in [2.45, 2.75) is 144 Å². The van der Waals surface area contributed by atoms with Crippen molar-refractivity contribution in [1.82, 2.24) is 0 Å². The Labute approximate surface area is 272 Å². The molecule has 7 heteroatoms. The standard InChI is InChI=1S/C37H53BrO6/c1-8-9-11-28(42-31(39)12-10-13-32(40)43-29-20-23-16-18-36(29,6)34(23,2)3)26-15-14-25(38)22-27(26)33(41)44-30-21-24-17-19-37(30,7)35(24,4)5/h14-15,22-24,28-30H,8-13,16-21H2,1-7H3/t23-,24-,28?,29?,30+,36+,37+/m0/s1. The summed E-state index contributed by atoms with van der Waals surface area (Å²) in [4.78, 5) is 39.6. The van der Waals surface area contributed by atoms with Gasteiger partial charge in [-0.25, -0.2) is 4.79 Å². The van der Waals surface area contributed by atoms with E-state index in [2.05, 4.69) is 64.4 Å². The van der Waals surface area contributed by atoms with E-state index >= 15 is 0 Å². The van der Waals surface area contributed by atoms with Crippen molar-refractivity contribution < 1.29 is 28.6 Å². The Morgan fingerprint density at radius 3 is 1.93 bits per heavy atom. The molecule has 0 aliphatic heterocycles. The van der Waals surface area contributed by atoms with Crippen LogP contribution in [-0.4, -0.2) is 30.1 Å². The van der Waals surface area contributed by atoms with E-state index in [-0.39, 0.29) is 64.6 Å². The SMILES string of the molecule is CCCCC(OC(=O)CCCC(=O)OC1C[C@@H]2CC[C@@]1(C)C2(C)C)c1ccc(Br)cc1C(=O)O[C@@H]1C[C@@H]2CC[C@@]1(C)C2(C)C. The van der Waals surface area contributed by atoms with Gasteiger partial charge >= 0.3 is 17.9 Å². The smallest absolute Gasteiger partial charge is 0.338 e. The highest BCUT2D eigenvalue weighted by Crippen LogP contribution is 2.67. The Bertz CT molecular complexity index is 1270. The van der Waals surface area contributed by atoms with Gasteiger partial charge in [-0.15, -0.1) is 0 Å². The van der Waals surface area contributed by atoms with E-state index in [0.717, 1.165) is 43.0 Å². The zero-order valence-corrected chi connectivity index (χ0v) is 29.5. The molecule has 0 amide bonds. The molecule has 0 aromatic heterocycles. The predicted octanol–water partition coefficient (Wildman–Crippen LogP) is 9.52. The first-order valence-electron chi connectivity index (χ1n) is 17.0. The zero-order valence-electron chi connectivity index (χ0n) is 27.9. The van der Waals surface area contributed by atoms with Crippen LogP contribution in [-0.2, 0) is 23.8 Å². The van der Waals surface area contributed by atoms with Gasteiger partial charge in [0.25, 0.3) is 0 Å². The fourth-order valence-corrected chi connectivity index (χ4v) is 9.64. The molecule has 0 heterocycles. The van der Waals surface area contributed by atoms with Gasteiger partial charge in [-0.3, -0.25) is 9.59 Å². The van der Waals surface area contributed by atoms with Crippen LogP contribution in [0.5, 0.6) is 0 Å². The molecule has 6 nitrogen and oxygen atoms in total. The number of benzene rings is 1. The average Bonchev–Trinajstić information content (AvgIpc) is 3.47. The quantitative estimate of drug-likeness (QED) is 0.163. The van der Waals surface area contributed by atoms with Crippen molar-refractivity contribution in [3.63, 3.8) is 0 Å². The van der Waals surface area contributed by atoms with E-state index in [1.807, 2.05) is 12.1 Å². The molecular formula is C37H53BrO6. The lowest BCUT2D eigenvalue weighted by Gasteiger charge is -2.38. The lowest BCUT2D eigenvalue weighted by Crippen LogP contribution is -2.38. The Balaban J connectivity index is 1.20. The molecule has 0 spiro atoms. The second kappa shape index (κ2) is 12.4.